The molecule has 0 radical (unpaired) electrons. The van der Waals surface area contributed by atoms with Gasteiger partial charge in [-0.25, -0.2) is 0 Å². The minimum absolute atomic E-state index is 0.150. The van der Waals surface area contributed by atoms with Crippen LogP contribution in [0.25, 0.3) is 5.57 Å². The van der Waals surface area contributed by atoms with E-state index in [1.165, 1.54) is 0 Å². The molecule has 1 aliphatic rings. The van der Waals surface area contributed by atoms with Gasteiger partial charge >= 0.3 is 0 Å². The smallest absolute Gasteiger partial charge is 0.259 e. The number of allylic oxidation sites excluding steroid dienone is 1. The highest BCUT2D eigenvalue weighted by molar-refractivity contribution is 6.09. The number of fused-ring (bicyclic) bond motifs is 1. The van der Waals surface area contributed by atoms with Gasteiger partial charge in [-0.15, -0.1) is 0 Å². The fraction of sp³-hybridized carbons (Fsp3) is 0.158. The molecule has 3 heteroatoms. The van der Waals surface area contributed by atoms with Crippen LogP contribution in [0.15, 0.2) is 54.6 Å². The van der Waals surface area contributed by atoms with E-state index in [1.54, 1.807) is 17.0 Å². The van der Waals surface area contributed by atoms with Crippen molar-refractivity contribution in [1.82, 2.24) is 0 Å². The summed E-state index contributed by atoms with van der Waals surface area (Å²) in [7, 11) is 0. The molecule has 0 aromatic heterocycles. The van der Waals surface area contributed by atoms with Crippen molar-refractivity contribution in [1.29, 1.82) is 5.26 Å². The summed E-state index contributed by atoms with van der Waals surface area (Å²) < 4.78 is 0. The average Bonchev–Trinajstić information content (AvgIpc) is 2.55. The number of rotatable bonds is 1. The zero-order valence-corrected chi connectivity index (χ0v) is 12.6. The molecule has 108 valence electrons. The van der Waals surface area contributed by atoms with Crippen LogP contribution in [0.5, 0.6) is 0 Å². The van der Waals surface area contributed by atoms with Gasteiger partial charge < -0.3 is 0 Å². The van der Waals surface area contributed by atoms with E-state index in [2.05, 4.69) is 6.07 Å². The van der Waals surface area contributed by atoms with Gasteiger partial charge in [-0.05, 0) is 43.7 Å². The van der Waals surface area contributed by atoms with Crippen LogP contribution in [0, 0.1) is 18.3 Å². The van der Waals surface area contributed by atoms with E-state index < -0.39 is 6.04 Å². The number of nitrogens with zero attached hydrogens (tertiary/aromatic N) is 2. The van der Waals surface area contributed by atoms with E-state index in [9.17, 15) is 10.1 Å². The maximum Gasteiger partial charge on any atom is 0.259 e. The second-order valence-corrected chi connectivity index (χ2v) is 5.48. The average molecular weight is 288 g/mol. The molecule has 2 aromatic carbocycles. The highest BCUT2D eigenvalue weighted by Crippen LogP contribution is 2.34. The Labute approximate surface area is 130 Å². The Kier molecular flexibility index (Phi) is 3.52. The van der Waals surface area contributed by atoms with Gasteiger partial charge in [0.1, 0.15) is 6.04 Å². The van der Waals surface area contributed by atoms with Gasteiger partial charge in [0.15, 0.2) is 0 Å². The van der Waals surface area contributed by atoms with E-state index in [1.807, 2.05) is 56.3 Å². The Hall–Kier alpha value is -2.86. The molecule has 1 heterocycles. The molecule has 3 nitrogen and oxygen atoms in total. The molecular weight excluding hydrogens is 272 g/mol. The van der Waals surface area contributed by atoms with Gasteiger partial charge in [0.05, 0.1) is 11.8 Å². The maximum absolute atomic E-state index is 12.9. The van der Waals surface area contributed by atoms with E-state index in [-0.39, 0.29) is 5.91 Å². The summed E-state index contributed by atoms with van der Waals surface area (Å²) in [5.74, 6) is -0.150. The van der Waals surface area contributed by atoms with Crippen molar-refractivity contribution in [3.63, 3.8) is 0 Å². The quantitative estimate of drug-likeness (QED) is 0.797. The molecule has 0 N–H and O–H groups in total. The Morgan fingerprint density at radius 2 is 1.77 bits per heavy atom. The number of hydrogen-bond donors (Lipinski definition) is 0. The lowest BCUT2D eigenvalue weighted by atomic mass is 9.95. The first kappa shape index (κ1) is 14.1. The normalized spacial score (nSPS) is 16.5. The first-order valence-corrected chi connectivity index (χ1v) is 7.19. The first-order chi connectivity index (χ1) is 10.6. The lowest BCUT2D eigenvalue weighted by molar-refractivity contribution is 0.0985. The zero-order chi connectivity index (χ0) is 15.7. The summed E-state index contributed by atoms with van der Waals surface area (Å²) in [5, 5.41) is 9.46. The summed E-state index contributed by atoms with van der Waals surface area (Å²) in [6.45, 7) is 3.95. The molecule has 2 aromatic rings. The number of anilines is 1. The molecule has 1 atom stereocenters. The lowest BCUT2D eigenvalue weighted by Crippen LogP contribution is -2.41. The Bertz CT molecular complexity index is 797. The summed E-state index contributed by atoms with van der Waals surface area (Å²) >= 11 is 0. The van der Waals surface area contributed by atoms with Gasteiger partial charge in [-0.1, -0.05) is 35.9 Å². The monoisotopic (exact) mass is 288 g/mol. The third-order valence-electron chi connectivity index (χ3n) is 3.92. The summed E-state index contributed by atoms with van der Waals surface area (Å²) in [6.07, 6.45) is 1.84. The largest absolute Gasteiger partial charge is 0.288 e. The molecule has 3 rings (SSSR count). The van der Waals surface area contributed by atoms with Crippen molar-refractivity contribution in [3.8, 4) is 6.07 Å². The van der Waals surface area contributed by atoms with Crippen molar-refractivity contribution in [2.24, 2.45) is 0 Å². The molecule has 1 aliphatic heterocycles. The Morgan fingerprint density at radius 1 is 1.09 bits per heavy atom. The van der Waals surface area contributed by atoms with E-state index in [0.717, 1.165) is 22.4 Å². The van der Waals surface area contributed by atoms with Crippen molar-refractivity contribution in [2.45, 2.75) is 19.9 Å². The fourth-order valence-electron chi connectivity index (χ4n) is 2.73. The number of aryl methyl sites for hydroxylation is 1. The predicted octanol–water partition coefficient (Wildman–Crippen LogP) is 3.95. The Balaban J connectivity index is 2.10. The number of para-hydroxylation sites is 1. The first-order valence-electron chi connectivity index (χ1n) is 7.19. The van der Waals surface area contributed by atoms with E-state index in [4.69, 9.17) is 0 Å². The maximum atomic E-state index is 12.9. The van der Waals surface area contributed by atoms with Gasteiger partial charge in [-0.3, -0.25) is 9.69 Å². The molecule has 22 heavy (non-hydrogen) atoms. The van der Waals surface area contributed by atoms with Gasteiger partial charge in [0.2, 0.25) is 0 Å². The van der Waals surface area contributed by atoms with Crippen molar-refractivity contribution in [3.05, 3.63) is 71.3 Å². The van der Waals surface area contributed by atoms with Gasteiger partial charge in [-0.2, -0.15) is 5.26 Å². The topological polar surface area (TPSA) is 44.1 Å². The van der Waals surface area contributed by atoms with Crippen molar-refractivity contribution in [2.75, 3.05) is 4.90 Å². The molecule has 0 spiro atoms. The SMILES string of the molecule is CC1=CC(C#N)N(C(=O)c2ccc(C)cc2)c2ccccc21. The van der Waals surface area contributed by atoms with E-state index in [0.29, 0.717) is 5.56 Å². The second-order valence-electron chi connectivity index (χ2n) is 5.48. The molecule has 0 fully saturated rings. The van der Waals surface area contributed by atoms with Crippen LogP contribution in [0.3, 0.4) is 0 Å². The Morgan fingerprint density at radius 3 is 2.45 bits per heavy atom. The fourth-order valence-corrected chi connectivity index (χ4v) is 2.73. The number of carbonyl (C=O) groups excluding carboxylic acids is 1. The number of carbonyl (C=O) groups is 1. The lowest BCUT2D eigenvalue weighted by Gasteiger charge is -2.32. The molecule has 1 amide bonds. The predicted molar refractivity (Wildman–Crippen MR) is 87.5 cm³/mol. The molecule has 0 saturated carbocycles. The minimum Gasteiger partial charge on any atom is -0.288 e. The molecule has 1 unspecified atom stereocenters. The number of nitriles is 1. The summed E-state index contributed by atoms with van der Waals surface area (Å²) in [6, 6.07) is 16.8. The second kappa shape index (κ2) is 5.50. The van der Waals surface area contributed by atoms with Crippen molar-refractivity contribution >= 4 is 17.2 Å². The summed E-state index contributed by atoms with van der Waals surface area (Å²) in [5.41, 5.74) is 4.50. The van der Waals surface area contributed by atoms with Crippen LogP contribution >= 0.6 is 0 Å². The highest BCUT2D eigenvalue weighted by atomic mass is 16.2. The minimum atomic E-state index is -0.580. The standard InChI is InChI=1S/C19H16N2O/c1-13-7-9-15(10-8-13)19(22)21-16(12-20)11-14(2)17-5-3-4-6-18(17)21/h3-11,16H,1-2H3. The third kappa shape index (κ3) is 2.29. The van der Waals surface area contributed by atoms with Crippen LogP contribution in [0.1, 0.15) is 28.4 Å². The van der Waals surface area contributed by atoms with Crippen LogP contribution < -0.4 is 4.90 Å². The molecule has 0 aliphatic carbocycles. The third-order valence-corrected chi connectivity index (χ3v) is 3.92. The van der Waals surface area contributed by atoms with Crippen LogP contribution in [-0.2, 0) is 0 Å². The molecule has 0 saturated heterocycles. The van der Waals surface area contributed by atoms with Crippen LogP contribution in [0.2, 0.25) is 0 Å². The number of benzene rings is 2. The van der Waals surface area contributed by atoms with Gasteiger partial charge in [0.25, 0.3) is 5.91 Å². The van der Waals surface area contributed by atoms with Crippen LogP contribution in [-0.4, -0.2) is 11.9 Å². The zero-order valence-electron chi connectivity index (χ0n) is 12.6. The number of hydrogen-bond acceptors (Lipinski definition) is 2. The number of amides is 1. The van der Waals surface area contributed by atoms with Gasteiger partial charge in [0, 0.05) is 11.1 Å². The van der Waals surface area contributed by atoms with Crippen LogP contribution in [0.4, 0.5) is 5.69 Å². The molecular formula is C19H16N2O. The molecule has 0 bridgehead atoms. The summed E-state index contributed by atoms with van der Waals surface area (Å²) in [4.78, 5) is 14.5. The van der Waals surface area contributed by atoms with E-state index >= 15 is 0 Å². The van der Waals surface area contributed by atoms with Crippen molar-refractivity contribution < 1.29 is 4.79 Å². The highest BCUT2D eigenvalue weighted by Gasteiger charge is 2.30.